The normalized spacial score (nSPS) is 13.8. The molecule has 1 N–H and O–H groups in total. The van der Waals surface area contributed by atoms with Crippen molar-refractivity contribution in [2.24, 2.45) is 4.99 Å². The zero-order valence-electron chi connectivity index (χ0n) is 11.8. The first-order valence-corrected chi connectivity index (χ1v) is 7.96. The summed E-state index contributed by atoms with van der Waals surface area (Å²) in [7, 11) is 0. The molecule has 0 unspecified atom stereocenters. The van der Waals surface area contributed by atoms with E-state index in [0.29, 0.717) is 0 Å². The second-order valence-corrected chi connectivity index (χ2v) is 5.80. The van der Waals surface area contributed by atoms with Crippen molar-refractivity contribution in [1.29, 1.82) is 0 Å². The minimum atomic E-state index is 0. The zero-order chi connectivity index (χ0) is 13.6. The molecule has 2 aromatic rings. The lowest BCUT2D eigenvalue weighted by Gasteiger charge is -2.17. The Hall–Kier alpha value is -1.26. The highest BCUT2D eigenvalue weighted by Gasteiger charge is 2.11. The molecule has 4 heteroatoms. The van der Waals surface area contributed by atoms with Gasteiger partial charge < -0.3 is 5.32 Å². The topological polar surface area (TPSA) is 24.4 Å². The molecular formula is C17H19BrN2S. The highest BCUT2D eigenvalue weighted by Crippen LogP contribution is 2.26. The second-order valence-electron chi connectivity index (χ2n) is 4.78. The van der Waals surface area contributed by atoms with Gasteiger partial charge in [-0.15, -0.1) is 28.7 Å². The molecule has 1 aliphatic heterocycles. The number of nitrogens with zero attached hydrogens (tertiary/aromatic N) is 1. The van der Waals surface area contributed by atoms with Crippen molar-refractivity contribution in [3.05, 3.63) is 65.7 Å². The fourth-order valence-corrected chi connectivity index (χ4v) is 3.25. The van der Waals surface area contributed by atoms with Crippen molar-refractivity contribution in [2.75, 3.05) is 13.1 Å². The lowest BCUT2D eigenvalue weighted by atomic mass is 10.2. The standard InChI is InChI=1S/C17H18N2S.BrH/c1-2-7-14(8-3-1)13-20-16-10-5-4-9-15(16)17-18-11-6-12-19-17;/h1-5,7-10H,6,11-13H2,(H,18,19);1H. The van der Waals surface area contributed by atoms with Crippen LogP contribution in [0.4, 0.5) is 0 Å². The fraction of sp³-hybridized carbons (Fsp3) is 0.235. The summed E-state index contributed by atoms with van der Waals surface area (Å²) in [5, 5.41) is 3.41. The van der Waals surface area contributed by atoms with Crippen molar-refractivity contribution in [1.82, 2.24) is 5.32 Å². The maximum atomic E-state index is 4.61. The monoisotopic (exact) mass is 362 g/mol. The van der Waals surface area contributed by atoms with Gasteiger partial charge in [0, 0.05) is 29.3 Å². The molecule has 2 nitrogen and oxygen atoms in total. The van der Waals surface area contributed by atoms with Crippen LogP contribution in [0.5, 0.6) is 0 Å². The Morgan fingerprint density at radius 2 is 1.76 bits per heavy atom. The number of aliphatic imine (C=N–C) groups is 1. The molecule has 0 aromatic heterocycles. The summed E-state index contributed by atoms with van der Waals surface area (Å²) in [4.78, 5) is 5.90. The number of nitrogens with one attached hydrogen (secondary N) is 1. The van der Waals surface area contributed by atoms with Crippen LogP contribution in [0.25, 0.3) is 0 Å². The van der Waals surface area contributed by atoms with Crippen LogP contribution in [0.2, 0.25) is 0 Å². The summed E-state index contributed by atoms with van der Waals surface area (Å²) >= 11 is 1.87. The Morgan fingerprint density at radius 1 is 1.00 bits per heavy atom. The van der Waals surface area contributed by atoms with Gasteiger partial charge in [0.1, 0.15) is 5.84 Å². The first-order chi connectivity index (χ1) is 9.93. The molecule has 0 spiro atoms. The van der Waals surface area contributed by atoms with Gasteiger partial charge in [0.25, 0.3) is 0 Å². The maximum Gasteiger partial charge on any atom is 0.129 e. The summed E-state index contributed by atoms with van der Waals surface area (Å²) in [5.74, 6) is 2.04. The average molecular weight is 363 g/mol. The molecule has 1 aliphatic rings. The minimum Gasteiger partial charge on any atom is -0.370 e. The predicted molar refractivity (Wildman–Crippen MR) is 96.8 cm³/mol. The van der Waals surface area contributed by atoms with E-state index < -0.39 is 0 Å². The molecule has 0 bridgehead atoms. The summed E-state index contributed by atoms with van der Waals surface area (Å²) < 4.78 is 0. The largest absolute Gasteiger partial charge is 0.370 e. The quantitative estimate of drug-likeness (QED) is 0.820. The molecule has 0 fully saturated rings. The molecule has 110 valence electrons. The number of rotatable bonds is 4. The predicted octanol–water partition coefficient (Wildman–Crippen LogP) is 4.30. The third-order valence-corrected chi connectivity index (χ3v) is 4.42. The number of thioether (sulfide) groups is 1. The number of amidine groups is 1. The van der Waals surface area contributed by atoms with Crippen LogP contribution >= 0.6 is 28.7 Å². The SMILES string of the molecule is Br.c1ccc(CSc2ccccc2C2=NCCCN2)cc1. The van der Waals surface area contributed by atoms with Gasteiger partial charge in [-0.3, -0.25) is 4.99 Å². The smallest absolute Gasteiger partial charge is 0.129 e. The fourth-order valence-electron chi connectivity index (χ4n) is 2.24. The number of hydrogen-bond donors (Lipinski definition) is 1. The van der Waals surface area contributed by atoms with Crippen molar-refractivity contribution in [2.45, 2.75) is 17.1 Å². The number of benzene rings is 2. The first-order valence-electron chi connectivity index (χ1n) is 6.98. The molecule has 3 rings (SSSR count). The van der Waals surface area contributed by atoms with Crippen LogP contribution in [0, 0.1) is 0 Å². The molecule has 0 aliphatic carbocycles. The van der Waals surface area contributed by atoms with Crippen LogP contribution < -0.4 is 5.32 Å². The van der Waals surface area contributed by atoms with E-state index in [1.54, 1.807) is 0 Å². The molecule has 2 aromatic carbocycles. The third kappa shape index (κ3) is 4.35. The Balaban J connectivity index is 0.00000161. The van der Waals surface area contributed by atoms with Crippen LogP contribution in [0.3, 0.4) is 0 Å². The number of hydrogen-bond acceptors (Lipinski definition) is 3. The zero-order valence-corrected chi connectivity index (χ0v) is 14.3. The number of halogens is 1. The first kappa shape index (κ1) is 16.1. The summed E-state index contributed by atoms with van der Waals surface area (Å²) in [6, 6.07) is 19.1. The summed E-state index contributed by atoms with van der Waals surface area (Å²) in [6.45, 7) is 1.95. The van der Waals surface area contributed by atoms with E-state index in [-0.39, 0.29) is 17.0 Å². The van der Waals surface area contributed by atoms with Crippen molar-refractivity contribution in [3.63, 3.8) is 0 Å². The van der Waals surface area contributed by atoms with Gasteiger partial charge in [-0.25, -0.2) is 0 Å². The lowest BCUT2D eigenvalue weighted by molar-refractivity contribution is 0.741. The highest BCUT2D eigenvalue weighted by atomic mass is 79.9. The van der Waals surface area contributed by atoms with Gasteiger partial charge in [0.05, 0.1) is 0 Å². The van der Waals surface area contributed by atoms with Crippen LogP contribution in [0.15, 0.2) is 64.5 Å². The van der Waals surface area contributed by atoms with Crippen LogP contribution in [0.1, 0.15) is 17.5 Å². The Bertz CT molecular complexity index is 599. The van der Waals surface area contributed by atoms with Gasteiger partial charge in [-0.05, 0) is 18.1 Å². The Morgan fingerprint density at radius 3 is 2.52 bits per heavy atom. The summed E-state index contributed by atoms with van der Waals surface area (Å²) in [6.07, 6.45) is 1.13. The minimum absolute atomic E-state index is 0. The Kier molecular flexibility index (Phi) is 6.33. The van der Waals surface area contributed by atoms with E-state index in [2.05, 4.69) is 64.9 Å². The van der Waals surface area contributed by atoms with Gasteiger partial charge in [0.2, 0.25) is 0 Å². The van der Waals surface area contributed by atoms with Crippen molar-refractivity contribution >= 4 is 34.6 Å². The van der Waals surface area contributed by atoms with Gasteiger partial charge in [-0.2, -0.15) is 0 Å². The van der Waals surface area contributed by atoms with E-state index in [1.807, 2.05) is 11.8 Å². The molecular weight excluding hydrogens is 344 g/mol. The average Bonchev–Trinajstić information content (AvgIpc) is 2.55. The molecule has 0 saturated heterocycles. The molecule has 0 saturated carbocycles. The third-order valence-electron chi connectivity index (χ3n) is 3.28. The van der Waals surface area contributed by atoms with E-state index in [0.717, 1.165) is 31.1 Å². The Labute approximate surface area is 140 Å². The maximum absolute atomic E-state index is 4.61. The molecule has 1 heterocycles. The van der Waals surface area contributed by atoms with E-state index >= 15 is 0 Å². The molecule has 21 heavy (non-hydrogen) atoms. The van der Waals surface area contributed by atoms with Gasteiger partial charge in [-0.1, -0.05) is 48.5 Å². The van der Waals surface area contributed by atoms with Crippen LogP contribution in [-0.4, -0.2) is 18.9 Å². The van der Waals surface area contributed by atoms with Gasteiger partial charge >= 0.3 is 0 Å². The molecule has 0 radical (unpaired) electrons. The van der Waals surface area contributed by atoms with E-state index in [4.69, 9.17) is 0 Å². The highest BCUT2D eigenvalue weighted by molar-refractivity contribution is 8.93. The van der Waals surface area contributed by atoms with Crippen molar-refractivity contribution < 1.29 is 0 Å². The van der Waals surface area contributed by atoms with Gasteiger partial charge in [0.15, 0.2) is 0 Å². The van der Waals surface area contributed by atoms with E-state index in [9.17, 15) is 0 Å². The second kappa shape index (κ2) is 8.25. The van der Waals surface area contributed by atoms with Crippen LogP contribution in [-0.2, 0) is 5.75 Å². The van der Waals surface area contributed by atoms with E-state index in [1.165, 1.54) is 16.0 Å². The van der Waals surface area contributed by atoms with Crippen molar-refractivity contribution in [3.8, 4) is 0 Å². The molecule has 0 atom stereocenters. The summed E-state index contributed by atoms with van der Waals surface area (Å²) in [5.41, 5.74) is 2.58. The molecule has 0 amide bonds. The lowest BCUT2D eigenvalue weighted by Crippen LogP contribution is -2.30.